The monoisotopic (exact) mass is 266 g/mol. The molecule has 0 radical (unpaired) electrons. The van der Waals surface area contributed by atoms with Crippen LogP contribution in [0.15, 0.2) is 18.2 Å². The molecule has 0 aromatic heterocycles. The normalized spacial score (nSPS) is 15.1. The van der Waals surface area contributed by atoms with Crippen LogP contribution in [-0.4, -0.2) is 38.2 Å². The van der Waals surface area contributed by atoms with Gasteiger partial charge in [-0.2, -0.15) is 0 Å². The highest BCUT2D eigenvalue weighted by atomic mass is 19.1. The van der Waals surface area contributed by atoms with Crippen LogP contribution in [0.4, 0.5) is 10.1 Å². The smallest absolute Gasteiger partial charge is 0.285 e. The SMILES string of the molecule is N=C(N)OC(=N)c1ccc(N2CCOCC2)cc1F. The molecule has 7 heteroatoms. The Morgan fingerprint density at radius 1 is 1.32 bits per heavy atom. The van der Waals surface area contributed by atoms with Crippen molar-refractivity contribution in [1.29, 1.82) is 10.8 Å². The molecule has 1 saturated heterocycles. The Balaban J connectivity index is 2.16. The van der Waals surface area contributed by atoms with E-state index in [4.69, 9.17) is 21.3 Å². The van der Waals surface area contributed by atoms with Crippen LogP contribution >= 0.6 is 0 Å². The summed E-state index contributed by atoms with van der Waals surface area (Å²) in [4.78, 5) is 2.01. The third-order valence-corrected chi connectivity index (χ3v) is 2.79. The molecule has 0 spiro atoms. The molecule has 2 rings (SSSR count). The Bertz CT molecular complexity index is 501. The van der Waals surface area contributed by atoms with Gasteiger partial charge in [-0.3, -0.25) is 10.8 Å². The van der Waals surface area contributed by atoms with Gasteiger partial charge in [-0.1, -0.05) is 0 Å². The van der Waals surface area contributed by atoms with E-state index in [9.17, 15) is 4.39 Å². The van der Waals surface area contributed by atoms with Crippen LogP contribution in [0.2, 0.25) is 0 Å². The highest BCUT2D eigenvalue weighted by Crippen LogP contribution is 2.20. The van der Waals surface area contributed by atoms with E-state index >= 15 is 0 Å². The van der Waals surface area contributed by atoms with Gasteiger partial charge >= 0.3 is 0 Å². The van der Waals surface area contributed by atoms with Crippen molar-refractivity contribution in [2.75, 3.05) is 31.2 Å². The predicted octanol–water partition coefficient (Wildman–Crippen LogP) is 0.898. The Morgan fingerprint density at radius 2 is 2.00 bits per heavy atom. The van der Waals surface area contributed by atoms with Crippen LogP contribution in [-0.2, 0) is 9.47 Å². The molecule has 1 aliphatic rings. The van der Waals surface area contributed by atoms with Gasteiger partial charge in [0.15, 0.2) is 0 Å². The molecule has 0 saturated carbocycles. The molecule has 0 aliphatic carbocycles. The fraction of sp³-hybridized carbons (Fsp3) is 0.333. The maximum Gasteiger partial charge on any atom is 0.285 e. The van der Waals surface area contributed by atoms with Crippen LogP contribution in [0.5, 0.6) is 0 Å². The summed E-state index contributed by atoms with van der Waals surface area (Å²) in [5.41, 5.74) is 5.72. The molecule has 0 atom stereocenters. The van der Waals surface area contributed by atoms with E-state index in [2.05, 4.69) is 4.74 Å². The summed E-state index contributed by atoms with van der Waals surface area (Å²) in [6.45, 7) is 2.65. The highest BCUT2D eigenvalue weighted by molar-refractivity contribution is 5.98. The molecule has 1 aromatic rings. The van der Waals surface area contributed by atoms with Crippen molar-refractivity contribution in [1.82, 2.24) is 0 Å². The standard InChI is InChI=1S/C12H15FN4O2/c13-10-7-8(17-3-5-18-6-4-17)1-2-9(10)11(14)19-12(15)16/h1-2,7,14H,3-6H2,(H3,15,16). The van der Waals surface area contributed by atoms with E-state index in [0.717, 1.165) is 5.69 Å². The van der Waals surface area contributed by atoms with Crippen LogP contribution in [0.1, 0.15) is 5.56 Å². The number of hydrogen-bond acceptors (Lipinski definition) is 5. The number of benzene rings is 1. The average Bonchev–Trinajstić information content (AvgIpc) is 2.38. The van der Waals surface area contributed by atoms with Gasteiger partial charge in [0.2, 0.25) is 5.90 Å². The average molecular weight is 266 g/mol. The number of morpholine rings is 1. The molecule has 1 heterocycles. The predicted molar refractivity (Wildman–Crippen MR) is 69.3 cm³/mol. The summed E-state index contributed by atoms with van der Waals surface area (Å²) in [7, 11) is 0. The Kier molecular flexibility index (Phi) is 3.96. The summed E-state index contributed by atoms with van der Waals surface area (Å²) in [6, 6.07) is 3.87. The maximum absolute atomic E-state index is 13.9. The van der Waals surface area contributed by atoms with Crippen molar-refractivity contribution in [3.05, 3.63) is 29.6 Å². The molecule has 6 nitrogen and oxygen atoms in total. The zero-order valence-corrected chi connectivity index (χ0v) is 10.3. The number of anilines is 1. The number of nitrogens with zero attached hydrogens (tertiary/aromatic N) is 1. The van der Waals surface area contributed by atoms with Crippen LogP contribution < -0.4 is 10.6 Å². The molecule has 4 N–H and O–H groups in total. The first kappa shape index (κ1) is 13.3. The van der Waals surface area contributed by atoms with E-state index in [1.54, 1.807) is 6.07 Å². The van der Waals surface area contributed by atoms with Crippen molar-refractivity contribution in [2.24, 2.45) is 5.73 Å². The van der Waals surface area contributed by atoms with Crippen LogP contribution in [0, 0.1) is 16.6 Å². The summed E-state index contributed by atoms with van der Waals surface area (Å²) in [6.07, 6.45) is 0. The van der Waals surface area contributed by atoms with Crippen molar-refractivity contribution >= 4 is 17.6 Å². The van der Waals surface area contributed by atoms with E-state index in [1.165, 1.54) is 12.1 Å². The summed E-state index contributed by atoms with van der Waals surface area (Å²) >= 11 is 0. The number of ether oxygens (including phenoxy) is 2. The van der Waals surface area contributed by atoms with Gasteiger partial charge in [0.1, 0.15) is 5.82 Å². The molecule has 19 heavy (non-hydrogen) atoms. The first-order chi connectivity index (χ1) is 9.08. The quantitative estimate of drug-likeness (QED) is 0.547. The molecule has 0 unspecified atom stereocenters. The van der Waals surface area contributed by atoms with Crippen LogP contribution in [0.3, 0.4) is 0 Å². The lowest BCUT2D eigenvalue weighted by Gasteiger charge is -2.29. The second-order valence-corrected chi connectivity index (χ2v) is 4.06. The maximum atomic E-state index is 13.9. The number of nitrogens with one attached hydrogen (secondary N) is 2. The van der Waals surface area contributed by atoms with E-state index < -0.39 is 17.7 Å². The highest BCUT2D eigenvalue weighted by Gasteiger charge is 2.16. The lowest BCUT2D eigenvalue weighted by molar-refractivity contribution is 0.122. The lowest BCUT2D eigenvalue weighted by atomic mass is 10.1. The second-order valence-electron chi connectivity index (χ2n) is 4.06. The zero-order valence-electron chi connectivity index (χ0n) is 10.3. The van der Waals surface area contributed by atoms with E-state index in [0.29, 0.717) is 26.3 Å². The minimum Gasteiger partial charge on any atom is -0.407 e. The van der Waals surface area contributed by atoms with Gasteiger partial charge in [-0.15, -0.1) is 0 Å². The molecular weight excluding hydrogens is 251 g/mol. The fourth-order valence-electron chi connectivity index (χ4n) is 1.87. The van der Waals surface area contributed by atoms with Crippen molar-refractivity contribution < 1.29 is 13.9 Å². The van der Waals surface area contributed by atoms with Crippen molar-refractivity contribution in [3.63, 3.8) is 0 Å². The first-order valence-electron chi connectivity index (χ1n) is 5.81. The number of halogens is 1. The summed E-state index contributed by atoms with van der Waals surface area (Å²) in [5.74, 6) is -1.05. The Hall–Kier alpha value is -2.15. The number of nitrogens with two attached hydrogens (primary N) is 1. The van der Waals surface area contributed by atoms with Gasteiger partial charge in [0.05, 0.1) is 18.8 Å². The van der Waals surface area contributed by atoms with E-state index in [-0.39, 0.29) is 5.56 Å². The van der Waals surface area contributed by atoms with E-state index in [1.807, 2.05) is 4.90 Å². The van der Waals surface area contributed by atoms with Gasteiger partial charge < -0.3 is 20.1 Å². The summed E-state index contributed by atoms with van der Waals surface area (Å²) in [5, 5.41) is 14.4. The number of rotatable bonds is 2. The Labute approximate surface area is 109 Å². The van der Waals surface area contributed by atoms with Gasteiger partial charge in [-0.25, -0.2) is 4.39 Å². The van der Waals surface area contributed by atoms with Crippen molar-refractivity contribution in [2.45, 2.75) is 0 Å². The molecule has 1 fully saturated rings. The molecule has 0 amide bonds. The minimum atomic E-state index is -0.637. The largest absolute Gasteiger partial charge is 0.407 e. The van der Waals surface area contributed by atoms with Gasteiger partial charge in [0, 0.05) is 18.8 Å². The summed E-state index contributed by atoms with van der Waals surface area (Å²) < 4.78 is 23.7. The molecule has 0 bridgehead atoms. The first-order valence-corrected chi connectivity index (χ1v) is 5.81. The Morgan fingerprint density at radius 3 is 2.58 bits per heavy atom. The fourth-order valence-corrected chi connectivity index (χ4v) is 1.87. The lowest BCUT2D eigenvalue weighted by Crippen LogP contribution is -2.36. The molecule has 1 aliphatic heterocycles. The second kappa shape index (κ2) is 5.66. The molecule has 102 valence electrons. The molecular formula is C12H15FN4O2. The zero-order chi connectivity index (χ0) is 13.8. The number of amidine groups is 1. The topological polar surface area (TPSA) is 95.4 Å². The molecule has 1 aromatic carbocycles. The third kappa shape index (κ3) is 3.19. The van der Waals surface area contributed by atoms with Gasteiger partial charge in [-0.05, 0) is 18.2 Å². The van der Waals surface area contributed by atoms with Crippen LogP contribution in [0.25, 0.3) is 0 Å². The third-order valence-electron chi connectivity index (χ3n) is 2.79. The number of hydrogen-bond donors (Lipinski definition) is 3. The minimum absolute atomic E-state index is 0.0211. The van der Waals surface area contributed by atoms with Crippen molar-refractivity contribution in [3.8, 4) is 0 Å². The van der Waals surface area contributed by atoms with Gasteiger partial charge in [0.25, 0.3) is 6.02 Å².